The van der Waals surface area contributed by atoms with Gasteiger partial charge < -0.3 is 21.5 Å². The van der Waals surface area contributed by atoms with E-state index in [1.54, 1.807) is 24.3 Å². The van der Waals surface area contributed by atoms with Gasteiger partial charge in [-0.15, -0.1) is 0 Å². The number of aromatic nitrogens is 4. The van der Waals surface area contributed by atoms with Gasteiger partial charge in [0.25, 0.3) is 0 Å². The largest absolute Gasteiger partial charge is 0.477 e. The number of nitrogens with two attached hydrogens (primary N) is 2. The van der Waals surface area contributed by atoms with E-state index in [2.05, 4.69) is 27.0 Å². The van der Waals surface area contributed by atoms with Crippen LogP contribution in [-0.4, -0.2) is 38.6 Å². The number of ether oxygens (including phenoxy) is 1. The number of nitrogens with one attached hydrogen (secondary N) is 1. The highest BCUT2D eigenvalue weighted by molar-refractivity contribution is 5.80. The summed E-state index contributed by atoms with van der Waals surface area (Å²) in [5, 5.41) is 7.29. The number of imidazole rings is 1. The number of halogens is 3. The molecule has 1 aliphatic carbocycles. The van der Waals surface area contributed by atoms with Crippen LogP contribution in [0.15, 0.2) is 61.3 Å². The third-order valence-electron chi connectivity index (χ3n) is 5.44. The Balaban J connectivity index is 1.53. The van der Waals surface area contributed by atoms with E-state index in [0.29, 0.717) is 29.2 Å². The highest BCUT2D eigenvalue weighted by atomic mass is 19.4. The minimum Gasteiger partial charge on any atom is -0.477 e. The lowest BCUT2D eigenvalue weighted by Crippen LogP contribution is -2.28. The van der Waals surface area contributed by atoms with Crippen molar-refractivity contribution in [1.82, 2.24) is 24.9 Å². The van der Waals surface area contributed by atoms with Gasteiger partial charge in [0, 0.05) is 23.3 Å². The maximum atomic E-state index is 13.3. The van der Waals surface area contributed by atoms with Crippen molar-refractivity contribution >= 4 is 22.9 Å². The van der Waals surface area contributed by atoms with Crippen molar-refractivity contribution in [3.05, 3.63) is 72.5 Å². The van der Waals surface area contributed by atoms with Crippen molar-refractivity contribution in [3.63, 3.8) is 0 Å². The minimum absolute atomic E-state index is 0.0275. The highest BCUT2D eigenvalue weighted by Gasteiger charge is 2.34. The molecule has 3 heterocycles. The second-order valence-electron chi connectivity index (χ2n) is 8.10. The average Bonchev–Trinajstić information content (AvgIpc) is 3.61. The number of fused-ring (bicyclic) bond motifs is 1. The van der Waals surface area contributed by atoms with Crippen LogP contribution in [0.3, 0.4) is 0 Å². The summed E-state index contributed by atoms with van der Waals surface area (Å²) in [6, 6.07) is 4.28. The van der Waals surface area contributed by atoms with Crippen molar-refractivity contribution in [2.45, 2.75) is 19.0 Å². The molecule has 4 rings (SSSR count). The predicted molar refractivity (Wildman–Crippen MR) is 128 cm³/mol. The lowest BCUT2D eigenvalue weighted by Gasteiger charge is -2.11. The summed E-state index contributed by atoms with van der Waals surface area (Å²) in [5.74, 6) is -0.325. The molecule has 3 aromatic heterocycles. The Hall–Kier alpha value is -4.35. The Morgan fingerprint density at radius 3 is 2.72 bits per heavy atom. The Morgan fingerprint density at radius 1 is 1.25 bits per heavy atom. The zero-order valence-corrected chi connectivity index (χ0v) is 19.1. The van der Waals surface area contributed by atoms with Crippen LogP contribution in [0.2, 0.25) is 0 Å². The molecule has 0 unspecified atom stereocenters. The van der Waals surface area contributed by atoms with Crippen molar-refractivity contribution in [3.8, 4) is 11.3 Å². The molecule has 1 saturated carbocycles. The monoisotopic (exact) mass is 499 g/mol. The van der Waals surface area contributed by atoms with E-state index in [4.69, 9.17) is 16.2 Å². The molecule has 0 bridgehead atoms. The number of hydrogen-bond donors (Lipinski definition) is 3. The van der Waals surface area contributed by atoms with Crippen LogP contribution in [0.1, 0.15) is 24.1 Å². The van der Waals surface area contributed by atoms with Crippen LogP contribution >= 0.6 is 0 Å². The maximum absolute atomic E-state index is 13.3. The van der Waals surface area contributed by atoms with Gasteiger partial charge in [0.1, 0.15) is 12.4 Å². The zero-order chi connectivity index (χ0) is 25.9. The van der Waals surface area contributed by atoms with Gasteiger partial charge in [0.05, 0.1) is 29.7 Å². The van der Waals surface area contributed by atoms with Crippen molar-refractivity contribution in [1.29, 1.82) is 0 Å². The molecule has 1 amide bonds. The molecule has 0 spiro atoms. The summed E-state index contributed by atoms with van der Waals surface area (Å²) in [7, 11) is 0. The summed E-state index contributed by atoms with van der Waals surface area (Å²) in [6.07, 6.45) is 4.57. The topological polar surface area (TPSA) is 133 Å². The first-order valence-electron chi connectivity index (χ1n) is 11.1. The van der Waals surface area contributed by atoms with Crippen LogP contribution in [-0.2, 0) is 15.7 Å². The van der Waals surface area contributed by atoms with Gasteiger partial charge in [0.15, 0.2) is 11.5 Å². The molecular weight excluding hydrogens is 475 g/mol. The molecular formula is C24H24F3N7O2. The first-order chi connectivity index (χ1) is 17.2. The second-order valence-corrected chi connectivity index (χ2v) is 8.10. The van der Waals surface area contributed by atoms with E-state index in [1.807, 2.05) is 0 Å². The number of alkyl halides is 3. The van der Waals surface area contributed by atoms with Crippen LogP contribution in [0, 0.1) is 5.92 Å². The third-order valence-corrected chi connectivity index (χ3v) is 5.44. The van der Waals surface area contributed by atoms with Gasteiger partial charge in [-0.3, -0.25) is 4.79 Å². The molecule has 0 radical (unpaired) electrons. The fourth-order valence-electron chi connectivity index (χ4n) is 3.38. The van der Waals surface area contributed by atoms with E-state index in [0.717, 1.165) is 18.9 Å². The van der Waals surface area contributed by atoms with Gasteiger partial charge >= 0.3 is 6.18 Å². The zero-order valence-electron chi connectivity index (χ0n) is 19.1. The molecule has 36 heavy (non-hydrogen) atoms. The van der Waals surface area contributed by atoms with E-state index in [-0.39, 0.29) is 29.9 Å². The van der Waals surface area contributed by atoms with Gasteiger partial charge in [-0.05, 0) is 43.2 Å². The van der Waals surface area contributed by atoms with Crippen molar-refractivity contribution in [2.75, 3.05) is 18.9 Å². The molecule has 3 aromatic rings. The van der Waals surface area contributed by atoms with Crippen molar-refractivity contribution in [2.24, 2.45) is 11.7 Å². The third kappa shape index (κ3) is 5.65. The highest BCUT2D eigenvalue weighted by Crippen LogP contribution is 2.35. The second kappa shape index (κ2) is 10.1. The summed E-state index contributed by atoms with van der Waals surface area (Å²) >= 11 is 0. The Labute approximate surface area is 204 Å². The molecule has 9 nitrogen and oxygen atoms in total. The van der Waals surface area contributed by atoms with Crippen molar-refractivity contribution < 1.29 is 22.7 Å². The molecule has 1 aliphatic rings. The number of amides is 1. The molecule has 0 atom stereocenters. The number of carbonyl (C=O) groups is 1. The number of carbonyl (C=O) groups excluding carboxylic acids is 1. The first kappa shape index (κ1) is 24.8. The van der Waals surface area contributed by atoms with E-state index < -0.39 is 17.6 Å². The first-order valence-corrected chi connectivity index (χ1v) is 11.1. The smallest absolute Gasteiger partial charge is 0.419 e. The van der Waals surface area contributed by atoms with Crippen LogP contribution in [0.5, 0.6) is 0 Å². The Morgan fingerprint density at radius 2 is 2.03 bits per heavy atom. The number of rotatable bonds is 9. The van der Waals surface area contributed by atoms with E-state index in [9.17, 15) is 18.0 Å². The molecule has 1 fully saturated rings. The Kier molecular flexibility index (Phi) is 6.95. The SMILES string of the molecule is C=C/C(=C\C=C(/N)OCCNC(=O)C1CC1)c1ccc2ncc(-c3cnc(N)c(C(F)(F)F)c3)n2n1. The number of nitrogens with zero attached hydrogens (tertiary/aromatic N) is 4. The minimum atomic E-state index is -4.65. The average molecular weight is 499 g/mol. The van der Waals surface area contributed by atoms with E-state index >= 15 is 0 Å². The van der Waals surface area contributed by atoms with Crippen LogP contribution < -0.4 is 16.8 Å². The quantitative estimate of drug-likeness (QED) is 0.234. The van der Waals surface area contributed by atoms with Crippen LogP contribution in [0.25, 0.3) is 22.5 Å². The molecule has 12 heteroatoms. The molecule has 188 valence electrons. The normalized spacial score (nSPS) is 14.6. The van der Waals surface area contributed by atoms with Crippen LogP contribution in [0.4, 0.5) is 19.0 Å². The number of hydrogen-bond acceptors (Lipinski definition) is 7. The Bertz CT molecular complexity index is 1360. The van der Waals surface area contributed by atoms with Gasteiger partial charge in [-0.1, -0.05) is 12.7 Å². The lowest BCUT2D eigenvalue weighted by molar-refractivity contribution is -0.137. The molecule has 0 aliphatic heterocycles. The summed E-state index contributed by atoms with van der Waals surface area (Å²) in [6.45, 7) is 4.35. The number of anilines is 1. The number of nitrogen functional groups attached to an aromatic ring is 1. The summed E-state index contributed by atoms with van der Waals surface area (Å²) in [5.41, 5.74) is 12.2. The van der Waals surface area contributed by atoms with E-state index in [1.165, 1.54) is 23.0 Å². The van der Waals surface area contributed by atoms with Gasteiger partial charge in [-0.25, -0.2) is 14.5 Å². The molecule has 0 aromatic carbocycles. The molecule has 0 saturated heterocycles. The predicted octanol–water partition coefficient (Wildman–Crippen LogP) is 3.30. The molecule has 5 N–H and O–H groups in total. The fraction of sp³-hybridized carbons (Fsp3) is 0.250. The van der Waals surface area contributed by atoms with Gasteiger partial charge in [-0.2, -0.15) is 18.3 Å². The standard InChI is InChI=1S/C24H24F3N7O2/c1-2-14(5-7-20(28)36-10-9-30-23(35)15-3-4-15)18-6-8-21-31-13-19(34(21)33-18)16-11-17(24(25,26)27)22(29)32-12-16/h2,5-8,11-13,15H,1,3-4,9-10,28H2,(H2,29,32)(H,30,35)/b14-5+,20-7+. The number of allylic oxidation sites excluding steroid dienone is 4. The van der Waals surface area contributed by atoms with Gasteiger partial charge in [0.2, 0.25) is 5.91 Å². The number of pyridine rings is 1. The lowest BCUT2D eigenvalue weighted by atomic mass is 10.1. The maximum Gasteiger partial charge on any atom is 0.419 e. The summed E-state index contributed by atoms with van der Waals surface area (Å²) < 4.78 is 46.7. The fourth-order valence-corrected chi connectivity index (χ4v) is 3.38. The summed E-state index contributed by atoms with van der Waals surface area (Å²) in [4.78, 5) is 19.5.